The molecule has 134 valence electrons. The van der Waals surface area contributed by atoms with Crippen LogP contribution < -0.4 is 10.6 Å². The maximum Gasteiger partial charge on any atom is 0.406 e. The van der Waals surface area contributed by atoms with Gasteiger partial charge in [0.1, 0.15) is 13.1 Å². The first-order chi connectivity index (χ1) is 10.7. The number of rotatable bonds is 6. The maximum atomic E-state index is 12.3. The van der Waals surface area contributed by atoms with Crippen molar-refractivity contribution in [1.82, 2.24) is 15.5 Å². The molecule has 6 nitrogen and oxygen atoms in total. The smallest absolute Gasteiger partial charge is 0.373 e. The Balaban J connectivity index is 2.52. The number of carbonyl (C=O) groups is 1. The fourth-order valence-corrected chi connectivity index (χ4v) is 2.21. The fourth-order valence-electron chi connectivity index (χ4n) is 2.21. The van der Waals surface area contributed by atoms with E-state index in [-0.39, 0.29) is 12.1 Å². The molecule has 0 aromatic heterocycles. The van der Waals surface area contributed by atoms with Crippen molar-refractivity contribution in [1.29, 1.82) is 0 Å². The van der Waals surface area contributed by atoms with E-state index < -0.39 is 18.6 Å². The Labute approximate surface area is 134 Å². The summed E-state index contributed by atoms with van der Waals surface area (Å²) in [7, 11) is 1.11. The zero-order valence-corrected chi connectivity index (χ0v) is 13.8. The number of hydrogen-bond acceptors (Lipinski definition) is 3. The number of halogens is 3. The fraction of sp³-hybridized carbons (Fsp3) is 0.857. The van der Waals surface area contributed by atoms with E-state index in [1.807, 2.05) is 13.8 Å². The molecular weight excluding hydrogens is 313 g/mol. The predicted molar refractivity (Wildman–Crippen MR) is 81.3 cm³/mol. The summed E-state index contributed by atoms with van der Waals surface area (Å²) < 4.78 is 42.4. The van der Waals surface area contributed by atoms with Crippen LogP contribution in [0.4, 0.5) is 13.2 Å². The number of carbonyl (C=O) groups excluding carboxylic acids is 1. The molecule has 1 fully saturated rings. The number of guanidine groups is 1. The van der Waals surface area contributed by atoms with Gasteiger partial charge in [0.2, 0.25) is 5.91 Å². The molecular formula is C14H25F3N4O2. The summed E-state index contributed by atoms with van der Waals surface area (Å²) in [6, 6.07) is 0. The summed E-state index contributed by atoms with van der Waals surface area (Å²) in [6.07, 6.45) is -2.50. The minimum Gasteiger partial charge on any atom is -0.373 e. The van der Waals surface area contributed by atoms with E-state index in [2.05, 4.69) is 15.6 Å². The predicted octanol–water partition coefficient (Wildman–Crippen LogP) is 1.13. The van der Waals surface area contributed by atoms with Gasteiger partial charge in [0.05, 0.1) is 5.60 Å². The molecule has 0 aromatic rings. The molecule has 23 heavy (non-hydrogen) atoms. The lowest BCUT2D eigenvalue weighted by atomic mass is 10.0. The highest BCUT2D eigenvalue weighted by Crippen LogP contribution is 2.23. The molecule has 0 saturated carbocycles. The van der Waals surface area contributed by atoms with Gasteiger partial charge in [-0.05, 0) is 26.7 Å². The summed E-state index contributed by atoms with van der Waals surface area (Å²) in [5, 5.41) is 6.02. The molecule has 2 N–H and O–H groups in total. The first-order valence-electron chi connectivity index (χ1n) is 7.62. The Morgan fingerprint density at radius 1 is 1.39 bits per heavy atom. The van der Waals surface area contributed by atoms with Crippen molar-refractivity contribution < 1.29 is 22.7 Å². The first kappa shape index (κ1) is 19.5. The van der Waals surface area contributed by atoms with Gasteiger partial charge in [0, 0.05) is 26.7 Å². The Morgan fingerprint density at radius 2 is 2.09 bits per heavy atom. The molecule has 0 radical (unpaired) electrons. The summed E-state index contributed by atoms with van der Waals surface area (Å²) in [4.78, 5) is 16.3. The number of amides is 1. The van der Waals surface area contributed by atoms with Crippen molar-refractivity contribution in [3.63, 3.8) is 0 Å². The first-order valence-corrected chi connectivity index (χ1v) is 7.62. The molecule has 1 atom stereocenters. The molecule has 1 heterocycles. The van der Waals surface area contributed by atoms with Crippen LogP contribution in [-0.4, -0.2) is 68.4 Å². The Morgan fingerprint density at radius 3 is 2.61 bits per heavy atom. The molecule has 0 spiro atoms. The van der Waals surface area contributed by atoms with E-state index in [9.17, 15) is 18.0 Å². The monoisotopic (exact) mass is 338 g/mol. The van der Waals surface area contributed by atoms with Crippen molar-refractivity contribution in [2.75, 3.05) is 39.8 Å². The highest BCUT2D eigenvalue weighted by atomic mass is 19.4. The quantitative estimate of drug-likeness (QED) is 0.563. The minimum absolute atomic E-state index is 0.284. The lowest BCUT2D eigenvalue weighted by Gasteiger charge is -2.24. The summed E-state index contributed by atoms with van der Waals surface area (Å²) in [5.41, 5.74) is -0.284. The number of aliphatic imine (C=N–C) groups is 1. The highest BCUT2D eigenvalue weighted by Gasteiger charge is 2.31. The van der Waals surface area contributed by atoms with E-state index in [0.29, 0.717) is 30.6 Å². The van der Waals surface area contributed by atoms with E-state index >= 15 is 0 Å². The van der Waals surface area contributed by atoms with Crippen molar-refractivity contribution in [2.24, 2.45) is 4.99 Å². The van der Waals surface area contributed by atoms with Crippen LogP contribution >= 0.6 is 0 Å². The standard InChI is InChI=1S/C14H25F3N4O2/c1-4-18-12(20-9-13(2)6-5-7-23-13)19-8-11(22)21(3)10-14(15,16)17/h4-10H2,1-3H3,(H2,18,19,20). The van der Waals surface area contributed by atoms with Crippen molar-refractivity contribution >= 4 is 11.9 Å². The third-order valence-electron chi connectivity index (χ3n) is 3.49. The zero-order chi connectivity index (χ0) is 17.5. The third-order valence-corrected chi connectivity index (χ3v) is 3.49. The summed E-state index contributed by atoms with van der Waals surface area (Å²) in [6.45, 7) is 4.03. The number of alkyl halides is 3. The van der Waals surface area contributed by atoms with Crippen LogP contribution in [0.5, 0.6) is 0 Å². The van der Waals surface area contributed by atoms with E-state index in [0.717, 1.165) is 19.9 Å². The molecule has 0 bridgehead atoms. The lowest BCUT2D eigenvalue weighted by molar-refractivity contribution is -0.157. The number of nitrogens with one attached hydrogen (secondary N) is 2. The van der Waals surface area contributed by atoms with Crippen LogP contribution in [0.15, 0.2) is 4.99 Å². The Bertz CT molecular complexity index is 421. The summed E-state index contributed by atoms with van der Waals surface area (Å²) >= 11 is 0. The molecule has 9 heteroatoms. The number of ether oxygens (including phenoxy) is 1. The van der Waals surface area contributed by atoms with Crippen LogP contribution in [0, 0.1) is 0 Å². The van der Waals surface area contributed by atoms with Gasteiger partial charge >= 0.3 is 6.18 Å². The maximum absolute atomic E-state index is 12.3. The van der Waals surface area contributed by atoms with Gasteiger partial charge in [-0.3, -0.25) is 4.79 Å². The van der Waals surface area contributed by atoms with Crippen LogP contribution in [0.25, 0.3) is 0 Å². The largest absolute Gasteiger partial charge is 0.406 e. The van der Waals surface area contributed by atoms with E-state index in [1.165, 1.54) is 0 Å². The van der Waals surface area contributed by atoms with Gasteiger partial charge in [0.25, 0.3) is 0 Å². The van der Waals surface area contributed by atoms with E-state index in [1.54, 1.807) is 0 Å². The third kappa shape index (κ3) is 7.54. The molecule has 0 aliphatic carbocycles. The number of hydrogen-bond donors (Lipinski definition) is 2. The molecule has 1 aliphatic rings. The number of nitrogens with zero attached hydrogens (tertiary/aromatic N) is 2. The lowest BCUT2D eigenvalue weighted by Crippen LogP contribution is -2.46. The topological polar surface area (TPSA) is 66.0 Å². The van der Waals surface area contributed by atoms with Gasteiger partial charge in [-0.2, -0.15) is 13.2 Å². The molecule has 1 rings (SSSR count). The molecule has 1 unspecified atom stereocenters. The molecule has 1 saturated heterocycles. The van der Waals surface area contributed by atoms with Gasteiger partial charge in [0.15, 0.2) is 5.96 Å². The molecule has 1 amide bonds. The Kier molecular flexibility index (Phi) is 7.11. The second-order valence-corrected chi connectivity index (χ2v) is 5.82. The number of likely N-dealkylation sites (N-methyl/N-ethyl adjacent to an activating group) is 1. The normalized spacial score (nSPS) is 22.1. The second kappa shape index (κ2) is 8.37. The van der Waals surface area contributed by atoms with Crippen molar-refractivity contribution in [3.8, 4) is 0 Å². The van der Waals surface area contributed by atoms with Crippen LogP contribution in [-0.2, 0) is 9.53 Å². The average molecular weight is 338 g/mol. The van der Waals surface area contributed by atoms with Crippen molar-refractivity contribution in [3.05, 3.63) is 0 Å². The van der Waals surface area contributed by atoms with E-state index in [4.69, 9.17) is 4.74 Å². The summed E-state index contributed by atoms with van der Waals surface area (Å²) in [5.74, 6) is -0.305. The van der Waals surface area contributed by atoms with Crippen molar-refractivity contribution in [2.45, 2.75) is 38.5 Å². The van der Waals surface area contributed by atoms with Gasteiger partial charge < -0.3 is 20.3 Å². The zero-order valence-electron chi connectivity index (χ0n) is 13.8. The van der Waals surface area contributed by atoms with Crippen LogP contribution in [0.3, 0.4) is 0 Å². The SMILES string of the molecule is CCNC(=NCC(=O)N(C)CC(F)(F)F)NCC1(C)CCCO1. The van der Waals surface area contributed by atoms with Gasteiger partial charge in [-0.1, -0.05) is 0 Å². The minimum atomic E-state index is -4.41. The van der Waals surface area contributed by atoms with Gasteiger partial charge in [-0.25, -0.2) is 4.99 Å². The van der Waals surface area contributed by atoms with Crippen LogP contribution in [0.1, 0.15) is 26.7 Å². The average Bonchev–Trinajstić information content (AvgIpc) is 2.87. The second-order valence-electron chi connectivity index (χ2n) is 5.82. The highest BCUT2D eigenvalue weighted by molar-refractivity contribution is 5.84. The van der Waals surface area contributed by atoms with Gasteiger partial charge in [-0.15, -0.1) is 0 Å². The molecule has 1 aliphatic heterocycles. The Hall–Kier alpha value is -1.51. The molecule has 0 aromatic carbocycles. The van der Waals surface area contributed by atoms with Crippen LogP contribution in [0.2, 0.25) is 0 Å².